The van der Waals surface area contributed by atoms with Crippen molar-refractivity contribution < 1.29 is 9.45 Å². The molecule has 7 heteroatoms. The first-order valence-corrected chi connectivity index (χ1v) is 6.71. The van der Waals surface area contributed by atoms with Gasteiger partial charge in [-0.15, -0.1) is 0 Å². The van der Waals surface area contributed by atoms with Gasteiger partial charge in [-0.05, 0) is 25.8 Å². The molecule has 1 unspecified atom stereocenters. The molecule has 1 aromatic carbocycles. The van der Waals surface area contributed by atoms with E-state index in [1.165, 1.54) is 12.1 Å². The van der Waals surface area contributed by atoms with Crippen LogP contribution >= 0.6 is 0 Å². The SMILES string of the molecule is CCC(C)(CN)c1nc(-c2cc([N+](=O)[O-])ccc2C)no1. The molecule has 1 aromatic heterocycles. The van der Waals surface area contributed by atoms with Crippen molar-refractivity contribution in [2.24, 2.45) is 5.73 Å². The van der Waals surface area contributed by atoms with Crippen LogP contribution in [0, 0.1) is 17.0 Å². The lowest BCUT2D eigenvalue weighted by Crippen LogP contribution is -2.31. The minimum atomic E-state index is -0.444. The Kier molecular flexibility index (Phi) is 4.04. The molecule has 0 fully saturated rings. The highest BCUT2D eigenvalue weighted by Crippen LogP contribution is 2.29. The second-order valence-corrected chi connectivity index (χ2v) is 5.30. The van der Waals surface area contributed by atoms with E-state index in [1.807, 2.05) is 20.8 Å². The van der Waals surface area contributed by atoms with E-state index in [0.717, 1.165) is 12.0 Å². The summed E-state index contributed by atoms with van der Waals surface area (Å²) in [6, 6.07) is 4.58. The molecule has 2 aromatic rings. The molecule has 2 rings (SSSR count). The molecule has 0 radical (unpaired) electrons. The molecule has 0 amide bonds. The Morgan fingerprint density at radius 3 is 2.76 bits per heavy atom. The minimum Gasteiger partial charge on any atom is -0.338 e. The van der Waals surface area contributed by atoms with Crippen molar-refractivity contribution in [3.8, 4) is 11.4 Å². The van der Waals surface area contributed by atoms with E-state index < -0.39 is 4.92 Å². The van der Waals surface area contributed by atoms with Gasteiger partial charge in [0.1, 0.15) is 0 Å². The summed E-state index contributed by atoms with van der Waals surface area (Å²) in [6.07, 6.45) is 0.763. The fourth-order valence-corrected chi connectivity index (χ4v) is 1.93. The van der Waals surface area contributed by atoms with E-state index in [-0.39, 0.29) is 11.1 Å². The molecule has 0 saturated carbocycles. The molecule has 2 N–H and O–H groups in total. The Bertz CT molecular complexity index is 662. The monoisotopic (exact) mass is 290 g/mol. The van der Waals surface area contributed by atoms with Crippen LogP contribution in [0.2, 0.25) is 0 Å². The fourth-order valence-electron chi connectivity index (χ4n) is 1.93. The molecule has 0 aliphatic heterocycles. The first kappa shape index (κ1) is 15.1. The maximum absolute atomic E-state index is 10.9. The molecule has 0 saturated heterocycles. The maximum atomic E-state index is 10.9. The van der Waals surface area contributed by atoms with E-state index in [0.29, 0.717) is 23.8 Å². The lowest BCUT2D eigenvalue weighted by atomic mass is 9.88. The standard InChI is InChI=1S/C14H18N4O3/c1-4-14(3,8-15)13-16-12(17-21-13)11-7-10(18(19)20)6-5-9(11)2/h5-7H,4,8,15H2,1-3H3. The topological polar surface area (TPSA) is 108 Å². The summed E-state index contributed by atoms with van der Waals surface area (Å²) in [5.41, 5.74) is 6.82. The van der Waals surface area contributed by atoms with Crippen LogP contribution in [-0.4, -0.2) is 21.6 Å². The first-order chi connectivity index (χ1) is 9.91. The Morgan fingerprint density at radius 1 is 1.48 bits per heavy atom. The second kappa shape index (κ2) is 5.61. The molecule has 0 bridgehead atoms. The van der Waals surface area contributed by atoms with E-state index >= 15 is 0 Å². The summed E-state index contributed by atoms with van der Waals surface area (Å²) in [5.74, 6) is 0.799. The summed E-state index contributed by atoms with van der Waals surface area (Å²) < 4.78 is 5.31. The van der Waals surface area contributed by atoms with Crippen LogP contribution in [-0.2, 0) is 5.41 Å². The predicted molar refractivity (Wildman–Crippen MR) is 77.8 cm³/mol. The van der Waals surface area contributed by atoms with Crippen LogP contribution in [0.5, 0.6) is 0 Å². The van der Waals surface area contributed by atoms with Gasteiger partial charge in [-0.1, -0.05) is 18.1 Å². The number of hydrogen-bond acceptors (Lipinski definition) is 6. The average Bonchev–Trinajstić information content (AvgIpc) is 2.96. The van der Waals surface area contributed by atoms with Crippen molar-refractivity contribution in [2.45, 2.75) is 32.6 Å². The lowest BCUT2D eigenvalue weighted by molar-refractivity contribution is -0.384. The number of nitrogens with zero attached hydrogens (tertiary/aromatic N) is 3. The fraction of sp³-hybridized carbons (Fsp3) is 0.429. The van der Waals surface area contributed by atoms with E-state index in [9.17, 15) is 10.1 Å². The highest BCUT2D eigenvalue weighted by molar-refractivity contribution is 5.63. The molecule has 7 nitrogen and oxygen atoms in total. The predicted octanol–water partition coefficient (Wildman–Crippen LogP) is 2.58. The van der Waals surface area contributed by atoms with Crippen LogP contribution < -0.4 is 5.73 Å². The molecular weight excluding hydrogens is 272 g/mol. The Hall–Kier alpha value is -2.28. The number of nitro groups is 1. The average molecular weight is 290 g/mol. The Morgan fingerprint density at radius 2 is 2.19 bits per heavy atom. The van der Waals surface area contributed by atoms with Crippen LogP contribution in [0.15, 0.2) is 22.7 Å². The number of nitro benzene ring substituents is 1. The van der Waals surface area contributed by atoms with Gasteiger partial charge in [-0.25, -0.2) is 0 Å². The van der Waals surface area contributed by atoms with Crippen LogP contribution in [0.3, 0.4) is 0 Å². The van der Waals surface area contributed by atoms with Crippen molar-refractivity contribution in [1.82, 2.24) is 10.1 Å². The summed E-state index contributed by atoms with van der Waals surface area (Å²) in [6.45, 7) is 6.18. The van der Waals surface area contributed by atoms with Gasteiger partial charge in [0.15, 0.2) is 0 Å². The summed E-state index contributed by atoms with van der Waals surface area (Å²) >= 11 is 0. The van der Waals surface area contributed by atoms with Crippen molar-refractivity contribution in [2.75, 3.05) is 6.54 Å². The van der Waals surface area contributed by atoms with Crippen molar-refractivity contribution >= 4 is 5.69 Å². The first-order valence-electron chi connectivity index (χ1n) is 6.71. The molecule has 1 atom stereocenters. The minimum absolute atomic E-state index is 0.000900. The van der Waals surface area contributed by atoms with Gasteiger partial charge in [0.25, 0.3) is 5.69 Å². The van der Waals surface area contributed by atoms with Crippen molar-refractivity contribution in [3.05, 3.63) is 39.8 Å². The zero-order valence-electron chi connectivity index (χ0n) is 12.3. The molecule has 0 aliphatic carbocycles. The van der Waals surface area contributed by atoms with Gasteiger partial charge in [0.05, 0.1) is 10.3 Å². The van der Waals surface area contributed by atoms with E-state index in [1.54, 1.807) is 6.07 Å². The molecule has 1 heterocycles. The maximum Gasteiger partial charge on any atom is 0.270 e. The van der Waals surface area contributed by atoms with E-state index in [2.05, 4.69) is 10.1 Å². The summed E-state index contributed by atoms with van der Waals surface area (Å²) in [7, 11) is 0. The molecule has 112 valence electrons. The second-order valence-electron chi connectivity index (χ2n) is 5.30. The van der Waals surface area contributed by atoms with Crippen LogP contribution in [0.1, 0.15) is 31.7 Å². The van der Waals surface area contributed by atoms with Gasteiger partial charge < -0.3 is 10.3 Å². The largest absolute Gasteiger partial charge is 0.338 e. The third-order valence-electron chi connectivity index (χ3n) is 3.85. The van der Waals surface area contributed by atoms with Crippen LogP contribution in [0.25, 0.3) is 11.4 Å². The number of non-ortho nitro benzene ring substituents is 1. The van der Waals surface area contributed by atoms with Gasteiger partial charge in [0, 0.05) is 24.2 Å². The van der Waals surface area contributed by atoms with Gasteiger partial charge >= 0.3 is 0 Å². The lowest BCUT2D eigenvalue weighted by Gasteiger charge is -2.20. The zero-order valence-corrected chi connectivity index (χ0v) is 12.3. The number of aromatic nitrogens is 2. The van der Waals surface area contributed by atoms with Gasteiger partial charge in [-0.3, -0.25) is 10.1 Å². The smallest absolute Gasteiger partial charge is 0.270 e. The van der Waals surface area contributed by atoms with E-state index in [4.69, 9.17) is 10.3 Å². The van der Waals surface area contributed by atoms with Crippen LogP contribution in [0.4, 0.5) is 5.69 Å². The van der Waals surface area contributed by atoms with Crippen molar-refractivity contribution in [1.29, 1.82) is 0 Å². The molecule has 0 spiro atoms. The Balaban J connectivity index is 2.47. The van der Waals surface area contributed by atoms with Gasteiger partial charge in [0.2, 0.25) is 11.7 Å². The van der Waals surface area contributed by atoms with Crippen molar-refractivity contribution in [3.63, 3.8) is 0 Å². The quantitative estimate of drug-likeness (QED) is 0.669. The third-order valence-corrected chi connectivity index (χ3v) is 3.85. The number of nitrogens with two attached hydrogens (primary N) is 1. The number of hydrogen-bond donors (Lipinski definition) is 1. The normalized spacial score (nSPS) is 13.9. The third kappa shape index (κ3) is 2.78. The number of rotatable bonds is 5. The summed E-state index contributed by atoms with van der Waals surface area (Å²) in [5, 5.41) is 14.8. The Labute approximate surface area is 122 Å². The zero-order chi connectivity index (χ0) is 15.6. The highest BCUT2D eigenvalue weighted by atomic mass is 16.6. The number of aryl methyl sites for hydroxylation is 1. The number of benzene rings is 1. The molecule has 0 aliphatic rings. The molecule has 21 heavy (non-hydrogen) atoms. The highest BCUT2D eigenvalue weighted by Gasteiger charge is 2.30. The van der Waals surface area contributed by atoms with Gasteiger partial charge in [-0.2, -0.15) is 4.98 Å². The summed E-state index contributed by atoms with van der Waals surface area (Å²) in [4.78, 5) is 14.8. The molecular formula is C14H18N4O3.